The molecule has 0 saturated heterocycles. The summed E-state index contributed by atoms with van der Waals surface area (Å²) in [5.74, 6) is 0.196. The van der Waals surface area contributed by atoms with E-state index in [4.69, 9.17) is 15.5 Å². The zero-order chi connectivity index (χ0) is 14.9. The van der Waals surface area contributed by atoms with Gasteiger partial charge >= 0.3 is 0 Å². The summed E-state index contributed by atoms with van der Waals surface area (Å²) < 4.78 is 31.8. The lowest BCUT2D eigenvalue weighted by molar-refractivity contribution is 0.390. The van der Waals surface area contributed by atoms with Crippen LogP contribution in [0.25, 0.3) is 0 Å². The van der Waals surface area contributed by atoms with E-state index in [0.29, 0.717) is 5.56 Å². The lowest BCUT2D eigenvalue weighted by Gasteiger charge is -2.10. The Morgan fingerprint density at radius 2 is 2.10 bits per heavy atom. The van der Waals surface area contributed by atoms with Crippen LogP contribution in [0.4, 0.5) is 11.4 Å². The minimum absolute atomic E-state index is 0.0127. The molecule has 0 amide bonds. The normalized spacial score (nSPS) is 11.1. The van der Waals surface area contributed by atoms with E-state index in [1.54, 1.807) is 0 Å². The topological polar surface area (TPSA) is 122 Å². The summed E-state index contributed by atoms with van der Waals surface area (Å²) >= 11 is 0. The van der Waals surface area contributed by atoms with E-state index in [1.165, 1.54) is 32.0 Å². The summed E-state index contributed by atoms with van der Waals surface area (Å²) in [6, 6.07) is 6.22. The molecule has 0 spiro atoms. The second-order valence-electron chi connectivity index (χ2n) is 4.17. The molecule has 20 heavy (non-hydrogen) atoms. The van der Waals surface area contributed by atoms with Gasteiger partial charge in [0.1, 0.15) is 5.69 Å². The van der Waals surface area contributed by atoms with Crippen molar-refractivity contribution in [2.24, 2.45) is 0 Å². The van der Waals surface area contributed by atoms with Crippen LogP contribution in [0.2, 0.25) is 0 Å². The van der Waals surface area contributed by atoms with Gasteiger partial charge in [-0.3, -0.25) is 4.72 Å². The Bertz CT molecular complexity index is 783. The van der Waals surface area contributed by atoms with E-state index in [2.05, 4.69) is 9.88 Å². The summed E-state index contributed by atoms with van der Waals surface area (Å²) in [5, 5.41) is 12.3. The van der Waals surface area contributed by atoms with E-state index < -0.39 is 10.0 Å². The second kappa shape index (κ2) is 4.86. The molecule has 2 rings (SSSR count). The molecule has 0 radical (unpaired) electrons. The molecule has 8 heteroatoms. The number of nitriles is 1. The van der Waals surface area contributed by atoms with Crippen LogP contribution in [0.15, 0.2) is 27.6 Å². The molecule has 0 atom stereocenters. The molecule has 0 aliphatic heterocycles. The fourth-order valence-electron chi connectivity index (χ4n) is 1.78. The Hall–Kier alpha value is -2.53. The third-order valence-corrected chi connectivity index (χ3v) is 4.27. The van der Waals surface area contributed by atoms with Crippen LogP contribution in [-0.4, -0.2) is 13.6 Å². The van der Waals surface area contributed by atoms with E-state index in [1.807, 2.05) is 6.07 Å². The number of hydrogen-bond acceptors (Lipinski definition) is 6. The third-order valence-electron chi connectivity index (χ3n) is 2.66. The number of sulfonamides is 1. The van der Waals surface area contributed by atoms with Crippen LogP contribution in [0, 0.1) is 25.2 Å². The predicted molar refractivity (Wildman–Crippen MR) is 72.4 cm³/mol. The van der Waals surface area contributed by atoms with Crippen LogP contribution in [0.1, 0.15) is 17.0 Å². The zero-order valence-corrected chi connectivity index (χ0v) is 11.7. The maximum Gasteiger partial charge on any atom is 0.267 e. The van der Waals surface area contributed by atoms with Gasteiger partial charge < -0.3 is 10.3 Å². The van der Waals surface area contributed by atoms with E-state index in [9.17, 15) is 8.42 Å². The Kier molecular flexibility index (Phi) is 3.38. The van der Waals surface area contributed by atoms with Gasteiger partial charge in [0.2, 0.25) is 0 Å². The molecule has 0 saturated carbocycles. The van der Waals surface area contributed by atoms with Crippen molar-refractivity contribution in [3.8, 4) is 6.07 Å². The highest BCUT2D eigenvalue weighted by molar-refractivity contribution is 7.92. The molecular formula is C12H12N4O3S. The highest BCUT2D eigenvalue weighted by atomic mass is 32.2. The quantitative estimate of drug-likeness (QED) is 0.827. The Morgan fingerprint density at radius 3 is 2.60 bits per heavy atom. The van der Waals surface area contributed by atoms with Crippen molar-refractivity contribution in [3.05, 3.63) is 35.2 Å². The minimum atomic E-state index is -3.84. The summed E-state index contributed by atoms with van der Waals surface area (Å²) in [4.78, 5) is -0.0127. The number of nitrogens with two attached hydrogens (primary N) is 1. The van der Waals surface area contributed by atoms with E-state index in [-0.39, 0.29) is 27.7 Å². The fraction of sp³-hybridized carbons (Fsp3) is 0.167. The Labute approximate surface area is 116 Å². The SMILES string of the molecule is Cc1noc(C)c1S(=O)(=O)Nc1ccc(C#N)cc1N. The fourth-order valence-corrected chi connectivity index (χ4v) is 3.20. The molecule has 3 N–H and O–H groups in total. The van der Waals surface area contributed by atoms with Gasteiger partial charge in [-0.15, -0.1) is 0 Å². The van der Waals surface area contributed by atoms with E-state index in [0.717, 1.165) is 0 Å². The first kappa shape index (κ1) is 13.9. The zero-order valence-electron chi connectivity index (χ0n) is 10.8. The average molecular weight is 292 g/mol. The highest BCUT2D eigenvalue weighted by Crippen LogP contribution is 2.26. The van der Waals surface area contributed by atoms with Crippen molar-refractivity contribution in [3.63, 3.8) is 0 Å². The standard InChI is InChI=1S/C12H12N4O3S/c1-7-12(8(2)19-15-7)20(17,18)16-11-4-3-9(6-13)5-10(11)14/h3-5,16H,14H2,1-2H3. The predicted octanol–water partition coefficient (Wildman–Crippen LogP) is 1.55. The first-order valence-corrected chi connectivity index (χ1v) is 7.09. The van der Waals surface area contributed by atoms with Crippen LogP contribution in [0.3, 0.4) is 0 Å². The lowest BCUT2D eigenvalue weighted by atomic mass is 10.2. The largest absolute Gasteiger partial charge is 0.397 e. The summed E-state index contributed by atoms with van der Waals surface area (Å²) in [7, 11) is -3.84. The van der Waals surface area contributed by atoms with Gasteiger partial charge in [-0.1, -0.05) is 5.16 Å². The maximum atomic E-state index is 12.3. The second-order valence-corrected chi connectivity index (χ2v) is 5.79. The average Bonchev–Trinajstić information content (AvgIpc) is 2.72. The van der Waals surface area contributed by atoms with Crippen LogP contribution in [-0.2, 0) is 10.0 Å². The maximum absolute atomic E-state index is 12.3. The van der Waals surface area contributed by atoms with Gasteiger partial charge in [0.25, 0.3) is 10.0 Å². The van der Waals surface area contributed by atoms with Gasteiger partial charge in [0.05, 0.1) is 23.0 Å². The van der Waals surface area contributed by atoms with Crippen LogP contribution in [0.5, 0.6) is 0 Å². The molecule has 7 nitrogen and oxygen atoms in total. The van der Waals surface area contributed by atoms with Crippen molar-refractivity contribution in [2.45, 2.75) is 18.7 Å². The number of benzene rings is 1. The number of anilines is 2. The van der Waals surface area contributed by atoms with Crippen molar-refractivity contribution in [1.29, 1.82) is 5.26 Å². The molecule has 1 aromatic carbocycles. The molecule has 1 aromatic heterocycles. The molecule has 2 aromatic rings. The van der Waals surface area contributed by atoms with Crippen molar-refractivity contribution < 1.29 is 12.9 Å². The Morgan fingerprint density at radius 1 is 1.40 bits per heavy atom. The molecule has 0 unspecified atom stereocenters. The van der Waals surface area contributed by atoms with Gasteiger partial charge in [0.15, 0.2) is 10.7 Å². The van der Waals surface area contributed by atoms with E-state index >= 15 is 0 Å². The molecular weight excluding hydrogens is 280 g/mol. The van der Waals surface area contributed by atoms with Gasteiger partial charge in [-0.05, 0) is 32.0 Å². The number of rotatable bonds is 3. The summed E-state index contributed by atoms with van der Waals surface area (Å²) in [6.07, 6.45) is 0. The first-order chi connectivity index (χ1) is 9.35. The molecule has 1 heterocycles. The molecule has 0 bridgehead atoms. The summed E-state index contributed by atoms with van der Waals surface area (Å²) in [5.41, 5.74) is 6.70. The van der Waals surface area contributed by atoms with Gasteiger partial charge in [-0.2, -0.15) is 5.26 Å². The number of nitrogens with zero attached hydrogens (tertiary/aromatic N) is 2. The molecule has 0 aliphatic carbocycles. The van der Waals surface area contributed by atoms with Crippen molar-refractivity contribution in [1.82, 2.24) is 5.16 Å². The number of nitrogen functional groups attached to an aromatic ring is 1. The van der Waals surface area contributed by atoms with Crippen molar-refractivity contribution >= 4 is 21.4 Å². The molecule has 0 aliphatic rings. The first-order valence-electron chi connectivity index (χ1n) is 5.60. The highest BCUT2D eigenvalue weighted by Gasteiger charge is 2.24. The smallest absolute Gasteiger partial charge is 0.267 e. The van der Waals surface area contributed by atoms with Gasteiger partial charge in [-0.25, -0.2) is 8.42 Å². The van der Waals surface area contributed by atoms with Gasteiger partial charge in [0, 0.05) is 0 Å². The Balaban J connectivity index is 2.42. The minimum Gasteiger partial charge on any atom is -0.397 e. The van der Waals surface area contributed by atoms with Crippen LogP contribution < -0.4 is 10.5 Å². The van der Waals surface area contributed by atoms with Crippen LogP contribution >= 0.6 is 0 Å². The monoisotopic (exact) mass is 292 g/mol. The summed E-state index contributed by atoms with van der Waals surface area (Å²) in [6.45, 7) is 3.05. The number of aryl methyl sites for hydroxylation is 2. The molecule has 0 fully saturated rings. The lowest BCUT2D eigenvalue weighted by Crippen LogP contribution is -2.15. The number of aromatic nitrogens is 1. The third kappa shape index (κ3) is 2.44. The number of nitrogens with one attached hydrogen (secondary N) is 1. The molecule has 104 valence electrons. The van der Waals surface area contributed by atoms with Crippen molar-refractivity contribution in [2.75, 3.05) is 10.5 Å². The number of hydrogen-bond donors (Lipinski definition) is 2.